The van der Waals surface area contributed by atoms with E-state index < -0.39 is 8.32 Å². The van der Waals surface area contributed by atoms with E-state index in [1.54, 1.807) is 0 Å². The summed E-state index contributed by atoms with van der Waals surface area (Å²) in [6.45, 7) is 19.0. The molecule has 3 aliphatic carbocycles. The third-order valence-electron chi connectivity index (χ3n) is 11.3. The molecule has 2 unspecified atom stereocenters. The Balaban J connectivity index is 1.52. The van der Waals surface area contributed by atoms with Gasteiger partial charge in [-0.05, 0) is 81.7 Å². The van der Waals surface area contributed by atoms with Gasteiger partial charge in [-0.2, -0.15) is 0 Å². The second kappa shape index (κ2) is 8.52. The Morgan fingerprint density at radius 3 is 2.61 bits per heavy atom. The van der Waals surface area contributed by atoms with E-state index in [1.807, 2.05) is 7.05 Å². The molecule has 36 heavy (non-hydrogen) atoms. The fraction of sp³-hybridized carbons (Fsp3) is 0.833. The van der Waals surface area contributed by atoms with Crippen molar-refractivity contribution >= 4 is 14.3 Å². The minimum atomic E-state index is -1.87. The van der Waals surface area contributed by atoms with E-state index in [0.29, 0.717) is 17.9 Å². The SMILES string of the molecule is CNCC1C[C@@]23CC[C@@]4(O2)C(=CC[C@]2(C)[C@@H](O[Si](C)(C)C(C)(C)C)CC[C@H]24)C=C3C(OC(C)=O)[C@@H]1C. The summed E-state index contributed by atoms with van der Waals surface area (Å²) in [6.07, 6.45) is 11.3. The molecule has 3 fully saturated rings. The summed E-state index contributed by atoms with van der Waals surface area (Å²) in [7, 11) is 0.147. The van der Waals surface area contributed by atoms with Crippen LogP contribution in [0.4, 0.5) is 0 Å². The summed E-state index contributed by atoms with van der Waals surface area (Å²) in [5, 5.41) is 3.60. The third-order valence-corrected chi connectivity index (χ3v) is 15.8. The molecule has 8 atom stereocenters. The predicted octanol–water partition coefficient (Wildman–Crippen LogP) is 6.16. The Hall–Kier alpha value is -0.953. The van der Waals surface area contributed by atoms with Gasteiger partial charge in [-0.25, -0.2) is 0 Å². The number of ether oxygens (including phenoxy) is 2. The zero-order valence-electron chi connectivity index (χ0n) is 24.1. The third kappa shape index (κ3) is 3.76. The average molecular weight is 516 g/mol. The molecule has 0 aromatic heterocycles. The molecular formula is C30H49NO4Si. The van der Waals surface area contributed by atoms with Crippen molar-refractivity contribution in [2.24, 2.45) is 23.2 Å². The van der Waals surface area contributed by atoms with Crippen molar-refractivity contribution < 1.29 is 18.7 Å². The Labute approximate surface area is 219 Å². The Morgan fingerprint density at radius 1 is 1.25 bits per heavy atom. The van der Waals surface area contributed by atoms with Crippen LogP contribution < -0.4 is 5.32 Å². The highest BCUT2D eigenvalue weighted by Gasteiger charge is 2.68. The summed E-state index contributed by atoms with van der Waals surface area (Å²) < 4.78 is 20.6. The van der Waals surface area contributed by atoms with Gasteiger partial charge in [0.15, 0.2) is 8.32 Å². The smallest absolute Gasteiger partial charge is 0.303 e. The lowest BCUT2D eigenvalue weighted by Crippen LogP contribution is -2.59. The number of hydrogen-bond donors (Lipinski definition) is 1. The van der Waals surface area contributed by atoms with Gasteiger partial charge in [0.25, 0.3) is 0 Å². The van der Waals surface area contributed by atoms with Gasteiger partial charge in [0.05, 0.1) is 17.3 Å². The van der Waals surface area contributed by atoms with Crippen molar-refractivity contribution in [1.82, 2.24) is 5.32 Å². The van der Waals surface area contributed by atoms with Crippen molar-refractivity contribution in [3.8, 4) is 0 Å². The quantitative estimate of drug-likeness (QED) is 0.351. The molecule has 0 aromatic rings. The fourth-order valence-electron chi connectivity index (χ4n) is 8.25. The summed E-state index contributed by atoms with van der Waals surface area (Å²) in [5.74, 6) is 0.935. The minimum absolute atomic E-state index is 0.0948. The molecule has 5 rings (SSSR count). The lowest BCUT2D eigenvalue weighted by Gasteiger charge is -2.56. The van der Waals surface area contributed by atoms with Crippen LogP contribution in [-0.2, 0) is 18.7 Å². The van der Waals surface area contributed by atoms with Crippen LogP contribution in [0.25, 0.3) is 0 Å². The van der Waals surface area contributed by atoms with E-state index >= 15 is 0 Å². The van der Waals surface area contributed by atoms with Crippen LogP contribution in [0.2, 0.25) is 18.1 Å². The lowest BCUT2D eigenvalue weighted by molar-refractivity contribution is -0.171. The Kier molecular flexibility index (Phi) is 6.31. The number of nitrogens with one attached hydrogen (secondary N) is 1. The van der Waals surface area contributed by atoms with E-state index in [9.17, 15) is 4.79 Å². The number of allylic oxidation sites excluding steroid dienone is 1. The van der Waals surface area contributed by atoms with Crippen molar-refractivity contribution in [3.05, 3.63) is 23.3 Å². The summed E-state index contributed by atoms with van der Waals surface area (Å²) in [5.41, 5.74) is 2.11. The van der Waals surface area contributed by atoms with Crippen molar-refractivity contribution in [2.75, 3.05) is 13.6 Å². The van der Waals surface area contributed by atoms with E-state index in [1.165, 1.54) is 18.1 Å². The fourth-order valence-corrected chi connectivity index (χ4v) is 9.71. The minimum Gasteiger partial charge on any atom is -0.458 e. The van der Waals surface area contributed by atoms with Gasteiger partial charge in [0.1, 0.15) is 6.10 Å². The van der Waals surface area contributed by atoms with E-state index in [-0.39, 0.29) is 39.6 Å². The normalized spacial score (nSPS) is 43.8. The molecule has 2 saturated carbocycles. The highest BCUT2D eigenvalue weighted by atomic mass is 28.4. The van der Waals surface area contributed by atoms with Crippen LogP contribution >= 0.6 is 0 Å². The number of esters is 1. The van der Waals surface area contributed by atoms with Crippen LogP contribution in [0.5, 0.6) is 0 Å². The Morgan fingerprint density at radius 2 is 1.97 bits per heavy atom. The van der Waals surface area contributed by atoms with Crippen molar-refractivity contribution in [3.63, 3.8) is 0 Å². The van der Waals surface area contributed by atoms with Gasteiger partial charge in [-0.3, -0.25) is 4.79 Å². The second-order valence-electron chi connectivity index (χ2n) is 14.4. The predicted molar refractivity (Wildman–Crippen MR) is 146 cm³/mol. The molecule has 6 heteroatoms. The molecule has 2 bridgehead atoms. The maximum absolute atomic E-state index is 12.2. The number of carbonyl (C=O) groups excluding carboxylic acids is 1. The lowest BCUT2D eigenvalue weighted by atomic mass is 9.60. The topological polar surface area (TPSA) is 56.8 Å². The number of carbonyl (C=O) groups is 1. The molecule has 2 spiro atoms. The van der Waals surface area contributed by atoms with Gasteiger partial charge in [0, 0.05) is 29.7 Å². The molecular weight excluding hydrogens is 466 g/mol. The Bertz CT molecular complexity index is 982. The number of hydrogen-bond acceptors (Lipinski definition) is 5. The molecule has 1 saturated heterocycles. The number of fused-ring (bicyclic) bond motifs is 1. The van der Waals surface area contributed by atoms with E-state index in [4.69, 9.17) is 13.9 Å². The summed E-state index contributed by atoms with van der Waals surface area (Å²) in [4.78, 5) is 12.2. The summed E-state index contributed by atoms with van der Waals surface area (Å²) >= 11 is 0. The van der Waals surface area contributed by atoms with E-state index in [2.05, 4.69) is 65.2 Å². The summed E-state index contributed by atoms with van der Waals surface area (Å²) in [6, 6.07) is 0. The van der Waals surface area contributed by atoms with Crippen LogP contribution in [0.15, 0.2) is 23.3 Å². The molecule has 2 aliphatic heterocycles. The van der Waals surface area contributed by atoms with Gasteiger partial charge in [0.2, 0.25) is 0 Å². The zero-order valence-corrected chi connectivity index (χ0v) is 25.1. The molecule has 5 aliphatic rings. The van der Waals surface area contributed by atoms with Gasteiger partial charge in [-0.1, -0.05) is 46.8 Å². The van der Waals surface area contributed by atoms with Gasteiger partial charge in [-0.15, -0.1) is 0 Å². The molecule has 5 nitrogen and oxygen atoms in total. The first-order chi connectivity index (χ1) is 16.7. The molecule has 2 heterocycles. The first kappa shape index (κ1) is 26.6. The molecule has 1 N–H and O–H groups in total. The highest BCUT2D eigenvalue weighted by molar-refractivity contribution is 6.74. The van der Waals surface area contributed by atoms with Gasteiger partial charge < -0.3 is 19.2 Å². The standard InChI is InChI=1S/C30H49NO4Si/c1-19-21(18-31-7)17-29-14-15-30(35-29)22(16-23(29)26(19)33-20(2)32)12-13-28(6)24(30)10-11-25(28)34-36(8,9)27(3,4)5/h12,16,19,21,24-26,31H,10-11,13-15,17-18H2,1-9H3/t19-,21?,24-,25+,26?,28+,29-,30-/m1/s1. The number of rotatable bonds is 5. The maximum Gasteiger partial charge on any atom is 0.303 e. The van der Waals surface area contributed by atoms with E-state index in [0.717, 1.165) is 45.1 Å². The maximum atomic E-state index is 12.2. The molecule has 202 valence electrons. The first-order valence-corrected chi connectivity index (χ1v) is 17.2. The van der Waals surface area contributed by atoms with Crippen molar-refractivity contribution in [2.45, 2.75) is 122 Å². The zero-order chi connectivity index (χ0) is 26.3. The molecule has 0 aromatic carbocycles. The van der Waals surface area contributed by atoms with Gasteiger partial charge >= 0.3 is 5.97 Å². The van der Waals surface area contributed by atoms with Crippen LogP contribution in [0.1, 0.15) is 80.1 Å². The second-order valence-corrected chi connectivity index (χ2v) is 19.1. The first-order valence-electron chi connectivity index (χ1n) is 14.3. The average Bonchev–Trinajstić information content (AvgIpc) is 3.26. The van der Waals surface area contributed by atoms with Crippen LogP contribution in [0.3, 0.4) is 0 Å². The van der Waals surface area contributed by atoms with Crippen LogP contribution in [0, 0.1) is 23.2 Å². The highest BCUT2D eigenvalue weighted by Crippen LogP contribution is 2.68. The molecule has 0 amide bonds. The monoisotopic (exact) mass is 515 g/mol. The largest absolute Gasteiger partial charge is 0.458 e. The van der Waals surface area contributed by atoms with Crippen molar-refractivity contribution in [1.29, 1.82) is 0 Å². The van der Waals surface area contributed by atoms with Crippen LogP contribution in [-0.4, -0.2) is 51.3 Å². The molecule has 0 radical (unpaired) electrons.